The Balaban J connectivity index is 1.42. The molecule has 0 atom stereocenters. The van der Waals surface area contributed by atoms with Gasteiger partial charge in [0.05, 0.1) is 30.4 Å². The van der Waals surface area contributed by atoms with Crippen LogP contribution in [0.15, 0.2) is 99.6 Å². The molecule has 0 unspecified atom stereocenters. The molecule has 4 aromatic rings. The monoisotopic (exact) mass is 582 g/mol. The number of ether oxygens (including phenoxy) is 1. The van der Waals surface area contributed by atoms with Crippen LogP contribution >= 0.6 is 23.4 Å². The third-order valence-electron chi connectivity index (χ3n) is 6.43. The number of rotatable bonds is 8. The number of halogens is 1. The average Bonchev–Trinajstić information content (AvgIpc) is 2.95. The topological polar surface area (TPSA) is 84.7 Å². The van der Waals surface area contributed by atoms with Crippen molar-refractivity contribution in [2.75, 3.05) is 38.2 Å². The lowest BCUT2D eigenvalue weighted by Gasteiger charge is -2.36. The molecular weight excluding hydrogens is 556 g/mol. The second kappa shape index (κ2) is 11.8. The zero-order valence-corrected chi connectivity index (χ0v) is 23.6. The van der Waals surface area contributed by atoms with Gasteiger partial charge in [-0.25, -0.2) is 8.42 Å². The van der Waals surface area contributed by atoms with Crippen molar-refractivity contribution in [1.82, 2.24) is 14.1 Å². The Morgan fingerprint density at radius 2 is 1.59 bits per heavy atom. The van der Waals surface area contributed by atoms with Crippen LogP contribution in [0.5, 0.6) is 5.75 Å². The highest BCUT2D eigenvalue weighted by Crippen LogP contribution is 2.34. The van der Waals surface area contributed by atoms with E-state index in [0.29, 0.717) is 47.5 Å². The summed E-state index contributed by atoms with van der Waals surface area (Å²) in [6.07, 6.45) is 1.68. The molecule has 0 saturated carbocycles. The average molecular weight is 583 g/mol. The number of hydrogen-bond acceptors (Lipinski definition) is 7. The van der Waals surface area contributed by atoms with Crippen LogP contribution in [0.3, 0.4) is 0 Å². The van der Waals surface area contributed by atoms with E-state index < -0.39 is 10.0 Å². The number of piperazine rings is 1. The smallest absolute Gasteiger partial charge is 0.287 e. The van der Waals surface area contributed by atoms with E-state index in [0.717, 1.165) is 16.2 Å². The molecule has 0 spiro atoms. The van der Waals surface area contributed by atoms with Crippen molar-refractivity contribution in [3.8, 4) is 11.4 Å². The highest BCUT2D eigenvalue weighted by atomic mass is 35.5. The summed E-state index contributed by atoms with van der Waals surface area (Å²) in [5.41, 5.74) is 1.76. The molecule has 3 aromatic carbocycles. The van der Waals surface area contributed by atoms with E-state index in [1.165, 1.54) is 20.7 Å². The molecule has 39 heavy (non-hydrogen) atoms. The van der Waals surface area contributed by atoms with Crippen LogP contribution in [-0.4, -0.2) is 55.8 Å². The fourth-order valence-corrected chi connectivity index (χ4v) is 6.97. The number of hydrogen-bond donors (Lipinski definition) is 0. The fourth-order valence-electron chi connectivity index (χ4n) is 4.36. The lowest BCUT2D eigenvalue weighted by molar-refractivity contribution is 0.383. The van der Waals surface area contributed by atoms with Crippen molar-refractivity contribution in [3.63, 3.8) is 0 Å². The first-order valence-corrected chi connectivity index (χ1v) is 15.1. The summed E-state index contributed by atoms with van der Waals surface area (Å²) in [6, 6.07) is 23.6. The van der Waals surface area contributed by atoms with Gasteiger partial charge in [-0.3, -0.25) is 4.79 Å². The Morgan fingerprint density at radius 3 is 2.23 bits per heavy atom. The van der Waals surface area contributed by atoms with Crippen LogP contribution in [0.2, 0.25) is 5.02 Å². The van der Waals surface area contributed by atoms with Gasteiger partial charge in [-0.1, -0.05) is 53.7 Å². The summed E-state index contributed by atoms with van der Waals surface area (Å²) in [7, 11) is -1.86. The molecular formula is C28H27ClN4O4S2. The van der Waals surface area contributed by atoms with Crippen LogP contribution < -0.4 is 15.2 Å². The van der Waals surface area contributed by atoms with E-state index in [1.54, 1.807) is 37.6 Å². The third-order valence-corrected chi connectivity index (χ3v) is 9.63. The molecule has 5 rings (SSSR count). The van der Waals surface area contributed by atoms with E-state index >= 15 is 0 Å². The van der Waals surface area contributed by atoms with Crippen LogP contribution in [0.4, 0.5) is 5.69 Å². The van der Waals surface area contributed by atoms with Gasteiger partial charge in [0.1, 0.15) is 10.6 Å². The van der Waals surface area contributed by atoms with Gasteiger partial charge in [0.25, 0.3) is 5.56 Å². The summed E-state index contributed by atoms with van der Waals surface area (Å²) in [6.45, 7) is 1.52. The molecule has 1 aromatic heterocycles. The van der Waals surface area contributed by atoms with Gasteiger partial charge >= 0.3 is 0 Å². The summed E-state index contributed by atoms with van der Waals surface area (Å²) in [5, 5.41) is 5.03. The summed E-state index contributed by atoms with van der Waals surface area (Å²) in [4.78, 5) is 17.2. The zero-order valence-electron chi connectivity index (χ0n) is 21.2. The lowest BCUT2D eigenvalue weighted by Crippen LogP contribution is -2.49. The molecule has 0 aliphatic carbocycles. The molecule has 1 aliphatic rings. The maximum atomic E-state index is 13.8. The Bertz CT molecular complexity index is 1590. The number of methoxy groups -OCH3 is 1. The minimum Gasteiger partial charge on any atom is -0.497 e. The lowest BCUT2D eigenvalue weighted by atomic mass is 10.2. The SMILES string of the molecule is COc1ccc(Sc2c(N3CCN(S(=O)(=O)Cc4ccccc4)CC3)cnn(-c3ccc(Cl)cc3)c2=O)cc1. The maximum absolute atomic E-state index is 13.8. The summed E-state index contributed by atoms with van der Waals surface area (Å²) < 4.78 is 34.3. The van der Waals surface area contributed by atoms with E-state index in [9.17, 15) is 13.2 Å². The number of sulfonamides is 1. The first-order valence-electron chi connectivity index (χ1n) is 12.3. The quantitative estimate of drug-likeness (QED) is 0.298. The standard InChI is InChI=1S/C28H27ClN4O4S2/c1-37-24-11-13-25(14-12-24)38-27-26(19-30-33(28(27)34)23-9-7-22(29)8-10-23)31-15-17-32(18-16-31)39(35,36)20-21-5-3-2-4-6-21/h2-14,19H,15-18,20H2,1H3. The summed E-state index contributed by atoms with van der Waals surface area (Å²) >= 11 is 7.39. The predicted molar refractivity (Wildman–Crippen MR) is 155 cm³/mol. The Morgan fingerprint density at radius 1 is 0.923 bits per heavy atom. The molecule has 0 amide bonds. The second-order valence-electron chi connectivity index (χ2n) is 8.96. The van der Waals surface area contributed by atoms with Crippen LogP contribution in [0, 0.1) is 0 Å². The van der Waals surface area contributed by atoms with E-state index in [2.05, 4.69) is 5.10 Å². The van der Waals surface area contributed by atoms with Gasteiger partial charge < -0.3 is 9.64 Å². The second-order valence-corrected chi connectivity index (χ2v) is 12.4. The number of aromatic nitrogens is 2. The normalized spacial score (nSPS) is 14.4. The highest BCUT2D eigenvalue weighted by Gasteiger charge is 2.29. The van der Waals surface area contributed by atoms with Gasteiger partial charge in [-0.2, -0.15) is 14.1 Å². The van der Waals surface area contributed by atoms with E-state index in [1.807, 2.05) is 59.5 Å². The van der Waals surface area contributed by atoms with Crippen molar-refractivity contribution >= 4 is 39.1 Å². The van der Waals surface area contributed by atoms with E-state index in [4.69, 9.17) is 16.3 Å². The van der Waals surface area contributed by atoms with Crippen LogP contribution in [-0.2, 0) is 15.8 Å². The Kier molecular flexibility index (Phi) is 8.27. The van der Waals surface area contributed by atoms with Crippen molar-refractivity contribution in [1.29, 1.82) is 0 Å². The van der Waals surface area contributed by atoms with Crippen molar-refractivity contribution in [3.05, 3.63) is 106 Å². The van der Waals surface area contributed by atoms with Crippen LogP contribution in [0.25, 0.3) is 5.69 Å². The minimum atomic E-state index is -3.46. The highest BCUT2D eigenvalue weighted by molar-refractivity contribution is 7.99. The Labute approximate surface area is 236 Å². The zero-order chi connectivity index (χ0) is 27.4. The molecule has 8 nitrogen and oxygen atoms in total. The molecule has 0 bridgehead atoms. The maximum Gasteiger partial charge on any atom is 0.287 e. The predicted octanol–water partition coefficient (Wildman–Crippen LogP) is 4.70. The van der Waals surface area contributed by atoms with Gasteiger partial charge in [-0.05, 0) is 54.1 Å². The third kappa shape index (κ3) is 6.30. The molecule has 11 heteroatoms. The molecule has 1 aliphatic heterocycles. The van der Waals surface area contributed by atoms with Crippen molar-refractivity contribution in [2.45, 2.75) is 15.5 Å². The molecule has 0 radical (unpaired) electrons. The molecule has 2 heterocycles. The number of benzene rings is 3. The first-order chi connectivity index (χ1) is 18.8. The van der Waals surface area contributed by atoms with Gasteiger partial charge in [-0.15, -0.1) is 0 Å². The number of anilines is 1. The van der Waals surface area contributed by atoms with Gasteiger partial charge in [0, 0.05) is 36.1 Å². The largest absolute Gasteiger partial charge is 0.497 e. The number of nitrogens with zero attached hydrogens (tertiary/aromatic N) is 4. The van der Waals surface area contributed by atoms with Crippen molar-refractivity contribution in [2.24, 2.45) is 0 Å². The first kappa shape index (κ1) is 27.3. The van der Waals surface area contributed by atoms with E-state index in [-0.39, 0.29) is 11.3 Å². The van der Waals surface area contributed by atoms with Gasteiger partial charge in [0.15, 0.2) is 0 Å². The molecule has 1 fully saturated rings. The Hall–Kier alpha value is -3.31. The molecule has 202 valence electrons. The molecule has 0 N–H and O–H groups in total. The van der Waals surface area contributed by atoms with Crippen LogP contribution in [0.1, 0.15) is 5.56 Å². The fraction of sp³-hybridized carbons (Fsp3) is 0.214. The van der Waals surface area contributed by atoms with Crippen molar-refractivity contribution < 1.29 is 13.2 Å². The minimum absolute atomic E-state index is 0.0366. The molecule has 1 saturated heterocycles. The van der Waals surface area contributed by atoms with Gasteiger partial charge in [0.2, 0.25) is 10.0 Å². The summed E-state index contributed by atoms with van der Waals surface area (Å²) in [5.74, 6) is 0.686.